The minimum absolute atomic E-state index is 0.0141. The van der Waals surface area contributed by atoms with Crippen molar-refractivity contribution in [2.75, 3.05) is 17.6 Å². The number of carbonyl (C=O) groups excluding carboxylic acids is 1. The Morgan fingerprint density at radius 3 is 2.71 bits per heavy atom. The van der Waals surface area contributed by atoms with E-state index in [0.717, 1.165) is 24.0 Å². The average Bonchev–Trinajstić information content (AvgIpc) is 2.52. The average molecular weight is 311 g/mol. The van der Waals surface area contributed by atoms with E-state index in [0.29, 0.717) is 12.3 Å². The smallest absolute Gasteiger partial charge is 0.224 e. The molecule has 1 aliphatic heterocycles. The molecule has 1 saturated heterocycles. The summed E-state index contributed by atoms with van der Waals surface area (Å²) in [6.07, 6.45) is 1.66. The van der Waals surface area contributed by atoms with Crippen LogP contribution in [0.4, 0.5) is 0 Å². The molecule has 1 fully saturated rings. The molecule has 4 heteroatoms. The summed E-state index contributed by atoms with van der Waals surface area (Å²) in [5.74, 6) is 0.622. The van der Waals surface area contributed by atoms with Crippen molar-refractivity contribution in [3.63, 3.8) is 0 Å². The lowest BCUT2D eigenvalue weighted by atomic mass is 10.1. The first-order valence-corrected chi connectivity index (χ1v) is 6.66. The molecule has 0 aromatic carbocycles. The summed E-state index contributed by atoms with van der Waals surface area (Å²) in [4.78, 5) is 13.4. The fourth-order valence-electron chi connectivity index (χ4n) is 1.75. The number of amides is 1. The maximum Gasteiger partial charge on any atom is 0.224 e. The molecule has 0 spiro atoms. The van der Waals surface area contributed by atoms with Gasteiger partial charge in [-0.05, 0) is 12.3 Å². The third-order valence-corrected chi connectivity index (χ3v) is 2.79. The number of nitrogens with zero attached hydrogens (tertiary/aromatic N) is 1. The third kappa shape index (κ3) is 3.08. The molecule has 0 aliphatic carbocycles. The second kappa shape index (κ2) is 5.90. The van der Waals surface area contributed by atoms with Gasteiger partial charge in [-0.2, -0.15) is 0 Å². The van der Waals surface area contributed by atoms with Crippen LogP contribution in [0.25, 0.3) is 0 Å². The summed E-state index contributed by atoms with van der Waals surface area (Å²) in [5.41, 5.74) is 0. The molecule has 1 rings (SSSR count). The van der Waals surface area contributed by atoms with Crippen molar-refractivity contribution < 1.29 is 9.53 Å². The summed E-state index contributed by atoms with van der Waals surface area (Å²) in [5, 5.41) is 0. The monoisotopic (exact) mass is 311 g/mol. The SMILES string of the molecule is CC(C)C(OCCI)N1CCCC1=O. The van der Waals surface area contributed by atoms with Gasteiger partial charge in [-0.25, -0.2) is 0 Å². The Hall–Kier alpha value is 0.160. The van der Waals surface area contributed by atoms with E-state index in [1.807, 2.05) is 4.90 Å². The molecule has 0 aromatic rings. The summed E-state index contributed by atoms with van der Waals surface area (Å²) < 4.78 is 6.68. The van der Waals surface area contributed by atoms with Gasteiger partial charge in [-0.3, -0.25) is 4.79 Å². The number of halogens is 1. The molecule has 82 valence electrons. The van der Waals surface area contributed by atoms with Crippen molar-refractivity contribution in [3.05, 3.63) is 0 Å². The Labute approximate surface area is 99.3 Å². The first-order valence-electron chi connectivity index (χ1n) is 5.14. The van der Waals surface area contributed by atoms with Crippen LogP contribution in [-0.4, -0.2) is 34.6 Å². The van der Waals surface area contributed by atoms with Gasteiger partial charge in [0.15, 0.2) is 0 Å². The number of hydrogen-bond donors (Lipinski definition) is 0. The number of likely N-dealkylation sites (tertiary alicyclic amines) is 1. The predicted molar refractivity (Wildman–Crippen MR) is 64.4 cm³/mol. The van der Waals surface area contributed by atoms with Crippen LogP contribution < -0.4 is 0 Å². The molecule has 0 N–H and O–H groups in total. The first kappa shape index (κ1) is 12.2. The second-order valence-electron chi connectivity index (χ2n) is 3.89. The number of hydrogen-bond acceptors (Lipinski definition) is 2. The fraction of sp³-hybridized carbons (Fsp3) is 0.900. The zero-order valence-corrected chi connectivity index (χ0v) is 11.0. The highest BCUT2D eigenvalue weighted by atomic mass is 127. The van der Waals surface area contributed by atoms with Gasteiger partial charge >= 0.3 is 0 Å². The molecule has 0 saturated carbocycles. The predicted octanol–water partition coefficient (Wildman–Crippen LogP) is 2.04. The lowest BCUT2D eigenvalue weighted by molar-refractivity contribution is -0.144. The van der Waals surface area contributed by atoms with E-state index >= 15 is 0 Å². The molecular formula is C10H18INO2. The van der Waals surface area contributed by atoms with Gasteiger partial charge in [-0.15, -0.1) is 0 Å². The molecule has 14 heavy (non-hydrogen) atoms. The standard InChI is InChI=1S/C10H18INO2/c1-8(2)10(14-7-5-11)12-6-3-4-9(12)13/h8,10H,3-7H2,1-2H3. The Kier molecular flexibility index (Phi) is 5.15. The van der Waals surface area contributed by atoms with E-state index in [1.54, 1.807) is 0 Å². The lowest BCUT2D eigenvalue weighted by Crippen LogP contribution is -2.42. The maximum absolute atomic E-state index is 11.5. The summed E-state index contributed by atoms with van der Waals surface area (Å²) in [7, 11) is 0. The van der Waals surface area contributed by atoms with Gasteiger partial charge in [0.25, 0.3) is 0 Å². The molecule has 1 unspecified atom stereocenters. The third-order valence-electron chi connectivity index (χ3n) is 2.35. The minimum atomic E-state index is -0.0141. The molecular weight excluding hydrogens is 293 g/mol. The normalized spacial score (nSPS) is 19.4. The maximum atomic E-state index is 11.5. The first-order chi connectivity index (χ1) is 6.66. The lowest BCUT2D eigenvalue weighted by Gasteiger charge is -2.30. The van der Waals surface area contributed by atoms with Gasteiger partial charge in [-0.1, -0.05) is 36.4 Å². The van der Waals surface area contributed by atoms with Gasteiger partial charge in [0.1, 0.15) is 6.23 Å². The molecule has 1 atom stereocenters. The number of rotatable bonds is 5. The molecule has 1 heterocycles. The Balaban J connectivity index is 2.52. The van der Waals surface area contributed by atoms with Crippen LogP contribution in [0.3, 0.4) is 0 Å². The molecule has 1 aliphatic rings. The van der Waals surface area contributed by atoms with Crippen molar-refractivity contribution >= 4 is 28.5 Å². The van der Waals surface area contributed by atoms with Crippen molar-refractivity contribution in [1.82, 2.24) is 4.90 Å². The number of ether oxygens (including phenoxy) is 1. The Bertz CT molecular complexity index is 197. The summed E-state index contributed by atoms with van der Waals surface area (Å²) in [6.45, 7) is 5.79. The number of alkyl halides is 1. The van der Waals surface area contributed by atoms with E-state index < -0.39 is 0 Å². The van der Waals surface area contributed by atoms with E-state index in [9.17, 15) is 4.79 Å². The van der Waals surface area contributed by atoms with Crippen LogP contribution >= 0.6 is 22.6 Å². The van der Waals surface area contributed by atoms with E-state index in [-0.39, 0.29) is 12.1 Å². The topological polar surface area (TPSA) is 29.5 Å². The summed E-state index contributed by atoms with van der Waals surface area (Å²) >= 11 is 2.28. The van der Waals surface area contributed by atoms with Crippen molar-refractivity contribution in [3.8, 4) is 0 Å². The highest BCUT2D eigenvalue weighted by molar-refractivity contribution is 14.1. The quantitative estimate of drug-likeness (QED) is 0.574. The zero-order valence-electron chi connectivity index (χ0n) is 8.83. The molecule has 0 bridgehead atoms. The van der Waals surface area contributed by atoms with Crippen LogP contribution in [0, 0.1) is 5.92 Å². The molecule has 3 nitrogen and oxygen atoms in total. The van der Waals surface area contributed by atoms with Crippen LogP contribution in [0.1, 0.15) is 26.7 Å². The van der Waals surface area contributed by atoms with Crippen molar-refractivity contribution in [2.45, 2.75) is 32.9 Å². The second-order valence-corrected chi connectivity index (χ2v) is 4.96. The number of carbonyl (C=O) groups is 1. The van der Waals surface area contributed by atoms with Gasteiger partial charge in [0.2, 0.25) is 5.91 Å². The van der Waals surface area contributed by atoms with E-state index in [4.69, 9.17) is 4.74 Å². The van der Waals surface area contributed by atoms with Crippen LogP contribution in [0.2, 0.25) is 0 Å². The largest absolute Gasteiger partial charge is 0.357 e. The molecule has 1 amide bonds. The van der Waals surface area contributed by atoms with Crippen LogP contribution in [-0.2, 0) is 9.53 Å². The highest BCUT2D eigenvalue weighted by Crippen LogP contribution is 2.19. The highest BCUT2D eigenvalue weighted by Gasteiger charge is 2.30. The van der Waals surface area contributed by atoms with E-state index in [2.05, 4.69) is 36.4 Å². The van der Waals surface area contributed by atoms with Crippen LogP contribution in [0.5, 0.6) is 0 Å². The Morgan fingerprint density at radius 1 is 1.57 bits per heavy atom. The van der Waals surface area contributed by atoms with Gasteiger partial charge < -0.3 is 9.64 Å². The molecule has 0 aromatic heterocycles. The molecule has 0 radical (unpaired) electrons. The zero-order chi connectivity index (χ0) is 10.6. The van der Waals surface area contributed by atoms with Gasteiger partial charge in [0.05, 0.1) is 6.61 Å². The minimum Gasteiger partial charge on any atom is -0.357 e. The van der Waals surface area contributed by atoms with Crippen LogP contribution in [0.15, 0.2) is 0 Å². The summed E-state index contributed by atoms with van der Waals surface area (Å²) in [6, 6.07) is 0. The van der Waals surface area contributed by atoms with Crippen molar-refractivity contribution in [1.29, 1.82) is 0 Å². The van der Waals surface area contributed by atoms with Gasteiger partial charge in [0, 0.05) is 17.4 Å². The van der Waals surface area contributed by atoms with Crippen molar-refractivity contribution in [2.24, 2.45) is 5.92 Å². The fourth-order valence-corrected chi connectivity index (χ4v) is 2.00. The Morgan fingerprint density at radius 2 is 2.29 bits per heavy atom. The van der Waals surface area contributed by atoms with E-state index in [1.165, 1.54) is 0 Å².